The zero-order valence-electron chi connectivity index (χ0n) is 10.7. The van der Waals surface area contributed by atoms with E-state index in [4.69, 9.17) is 0 Å². The van der Waals surface area contributed by atoms with E-state index in [9.17, 15) is 4.79 Å². The molecule has 7 nitrogen and oxygen atoms in total. The van der Waals surface area contributed by atoms with Gasteiger partial charge in [-0.25, -0.2) is 4.68 Å². The Morgan fingerprint density at radius 2 is 2.35 bits per heavy atom. The molecule has 0 radical (unpaired) electrons. The van der Waals surface area contributed by atoms with E-state index in [2.05, 4.69) is 26.2 Å². The highest BCUT2D eigenvalue weighted by atomic mass is 35.5. The summed E-state index contributed by atoms with van der Waals surface area (Å²) in [6.07, 6.45) is 3.45. The summed E-state index contributed by atoms with van der Waals surface area (Å²) in [6, 6.07) is 7.33. The van der Waals surface area contributed by atoms with Gasteiger partial charge in [0.15, 0.2) is 0 Å². The Kier molecular flexibility index (Phi) is 4.65. The average Bonchev–Trinajstić information content (AvgIpc) is 3.13. The molecule has 2 heterocycles. The number of rotatable bonds is 3. The predicted octanol–water partition coefficient (Wildman–Crippen LogP) is 0.775. The van der Waals surface area contributed by atoms with Crippen molar-refractivity contribution in [3.8, 4) is 5.69 Å². The molecule has 106 valence electrons. The summed E-state index contributed by atoms with van der Waals surface area (Å²) in [4.78, 5) is 12.0. The Bertz CT molecular complexity index is 567. The van der Waals surface area contributed by atoms with Gasteiger partial charge in [-0.15, -0.1) is 17.5 Å². The molecule has 1 saturated heterocycles. The predicted molar refractivity (Wildman–Crippen MR) is 76.1 cm³/mol. The highest BCUT2D eigenvalue weighted by Crippen LogP contribution is 2.15. The first-order valence-corrected chi connectivity index (χ1v) is 6.20. The number of nitrogens with zero attached hydrogens (tertiary/aromatic N) is 4. The van der Waals surface area contributed by atoms with Crippen molar-refractivity contribution in [2.24, 2.45) is 0 Å². The van der Waals surface area contributed by atoms with Gasteiger partial charge in [0, 0.05) is 5.69 Å². The summed E-state index contributed by atoms with van der Waals surface area (Å²) < 4.78 is 1.55. The number of hydrogen-bond acceptors (Lipinski definition) is 5. The molecule has 1 aromatic heterocycles. The molecule has 0 unspecified atom stereocenters. The van der Waals surface area contributed by atoms with E-state index in [0.29, 0.717) is 0 Å². The van der Waals surface area contributed by atoms with E-state index in [0.717, 1.165) is 30.8 Å². The monoisotopic (exact) mass is 294 g/mol. The van der Waals surface area contributed by atoms with Crippen LogP contribution in [0.25, 0.3) is 5.69 Å². The first-order valence-electron chi connectivity index (χ1n) is 6.20. The van der Waals surface area contributed by atoms with Crippen LogP contribution in [0.4, 0.5) is 5.69 Å². The van der Waals surface area contributed by atoms with Crippen molar-refractivity contribution < 1.29 is 4.79 Å². The van der Waals surface area contributed by atoms with Gasteiger partial charge in [0.1, 0.15) is 6.33 Å². The van der Waals surface area contributed by atoms with E-state index < -0.39 is 0 Å². The molecule has 1 fully saturated rings. The number of nitrogens with one attached hydrogen (secondary N) is 2. The Labute approximate surface area is 122 Å². The molecule has 1 atom stereocenters. The van der Waals surface area contributed by atoms with Crippen LogP contribution in [0.15, 0.2) is 30.6 Å². The smallest absolute Gasteiger partial charge is 0.241 e. The maximum absolute atomic E-state index is 12.0. The van der Waals surface area contributed by atoms with E-state index in [-0.39, 0.29) is 24.4 Å². The molecular weight excluding hydrogens is 280 g/mol. The maximum atomic E-state index is 12.0. The molecule has 20 heavy (non-hydrogen) atoms. The van der Waals surface area contributed by atoms with Gasteiger partial charge >= 0.3 is 0 Å². The normalized spacial score (nSPS) is 17.5. The van der Waals surface area contributed by atoms with Gasteiger partial charge in [-0.1, -0.05) is 6.07 Å². The summed E-state index contributed by atoms with van der Waals surface area (Å²) in [5, 5.41) is 17.1. The van der Waals surface area contributed by atoms with Crippen LogP contribution in [0.1, 0.15) is 12.8 Å². The number of hydrogen-bond donors (Lipinski definition) is 2. The number of carbonyl (C=O) groups excluding carboxylic acids is 1. The molecule has 0 bridgehead atoms. The molecule has 0 saturated carbocycles. The molecule has 0 aliphatic carbocycles. The Morgan fingerprint density at radius 1 is 1.45 bits per heavy atom. The molecule has 8 heteroatoms. The lowest BCUT2D eigenvalue weighted by Crippen LogP contribution is -2.35. The lowest BCUT2D eigenvalue weighted by atomic mass is 10.2. The summed E-state index contributed by atoms with van der Waals surface area (Å²) in [5.41, 5.74) is 1.55. The molecule has 1 aliphatic rings. The van der Waals surface area contributed by atoms with Crippen LogP contribution in [0.2, 0.25) is 0 Å². The van der Waals surface area contributed by atoms with Gasteiger partial charge in [0.2, 0.25) is 5.91 Å². The lowest BCUT2D eigenvalue weighted by molar-refractivity contribution is -0.117. The molecule has 1 amide bonds. The molecular formula is C12H15ClN6O. The second kappa shape index (κ2) is 6.44. The quantitative estimate of drug-likeness (QED) is 0.873. The van der Waals surface area contributed by atoms with Crippen LogP contribution in [-0.2, 0) is 4.79 Å². The first-order chi connectivity index (χ1) is 9.33. The van der Waals surface area contributed by atoms with Gasteiger partial charge in [-0.3, -0.25) is 4.79 Å². The minimum absolute atomic E-state index is 0. The highest BCUT2D eigenvalue weighted by Gasteiger charge is 2.21. The number of benzene rings is 1. The molecule has 3 rings (SSSR count). The number of tetrazole rings is 1. The largest absolute Gasteiger partial charge is 0.325 e. The van der Waals surface area contributed by atoms with Crippen molar-refractivity contribution in [3.05, 3.63) is 30.6 Å². The molecule has 1 aromatic carbocycles. The summed E-state index contributed by atoms with van der Waals surface area (Å²) >= 11 is 0. The van der Waals surface area contributed by atoms with Crippen LogP contribution in [0, 0.1) is 0 Å². The average molecular weight is 295 g/mol. The summed E-state index contributed by atoms with van der Waals surface area (Å²) in [5.74, 6) is 0.00589. The topological polar surface area (TPSA) is 84.7 Å². The van der Waals surface area contributed by atoms with Gasteiger partial charge in [0.05, 0.1) is 11.7 Å². The number of anilines is 1. The van der Waals surface area contributed by atoms with Gasteiger partial charge in [-0.05, 0) is 48.0 Å². The molecule has 1 aliphatic heterocycles. The van der Waals surface area contributed by atoms with E-state index in [1.165, 1.54) is 6.33 Å². The van der Waals surface area contributed by atoms with Crippen LogP contribution in [-0.4, -0.2) is 38.7 Å². The summed E-state index contributed by atoms with van der Waals surface area (Å²) in [7, 11) is 0. The molecule has 2 N–H and O–H groups in total. The van der Waals surface area contributed by atoms with Crippen molar-refractivity contribution in [2.45, 2.75) is 18.9 Å². The maximum Gasteiger partial charge on any atom is 0.241 e. The number of amides is 1. The van der Waals surface area contributed by atoms with Crippen LogP contribution in [0.3, 0.4) is 0 Å². The van der Waals surface area contributed by atoms with Crippen molar-refractivity contribution in [3.63, 3.8) is 0 Å². The number of aromatic nitrogens is 4. The second-order valence-corrected chi connectivity index (χ2v) is 4.44. The van der Waals surface area contributed by atoms with Crippen LogP contribution < -0.4 is 10.6 Å². The third kappa shape index (κ3) is 3.12. The fraction of sp³-hybridized carbons (Fsp3) is 0.333. The lowest BCUT2D eigenvalue weighted by Gasteiger charge is -2.11. The Hall–Kier alpha value is -1.99. The van der Waals surface area contributed by atoms with Crippen LogP contribution >= 0.6 is 12.4 Å². The van der Waals surface area contributed by atoms with E-state index >= 15 is 0 Å². The molecule has 0 spiro atoms. The standard InChI is InChI=1S/C12H14N6O.ClH/c19-12(11-5-2-6-13-11)15-9-3-1-4-10(7-9)18-8-14-16-17-18;/h1,3-4,7-8,11,13H,2,5-6H2,(H,15,19);1H/t11-;/m0./s1. The van der Waals surface area contributed by atoms with Gasteiger partial charge in [-0.2, -0.15) is 0 Å². The first kappa shape index (κ1) is 14.4. The fourth-order valence-electron chi connectivity index (χ4n) is 2.14. The highest BCUT2D eigenvalue weighted by molar-refractivity contribution is 5.95. The Morgan fingerprint density at radius 3 is 3.05 bits per heavy atom. The third-order valence-corrected chi connectivity index (χ3v) is 3.10. The van der Waals surface area contributed by atoms with Crippen LogP contribution in [0.5, 0.6) is 0 Å². The zero-order valence-corrected chi connectivity index (χ0v) is 11.5. The zero-order chi connectivity index (χ0) is 13.1. The van der Waals surface area contributed by atoms with Crippen molar-refractivity contribution in [1.82, 2.24) is 25.5 Å². The Balaban J connectivity index is 0.00000147. The van der Waals surface area contributed by atoms with Crippen molar-refractivity contribution in [1.29, 1.82) is 0 Å². The third-order valence-electron chi connectivity index (χ3n) is 3.10. The number of carbonyl (C=O) groups is 1. The van der Waals surface area contributed by atoms with E-state index in [1.807, 2.05) is 24.3 Å². The minimum atomic E-state index is -0.0864. The van der Waals surface area contributed by atoms with Crippen molar-refractivity contribution >= 4 is 24.0 Å². The second-order valence-electron chi connectivity index (χ2n) is 4.44. The number of halogens is 1. The molecule has 2 aromatic rings. The van der Waals surface area contributed by atoms with E-state index in [1.54, 1.807) is 4.68 Å². The summed E-state index contributed by atoms with van der Waals surface area (Å²) in [6.45, 7) is 0.906. The van der Waals surface area contributed by atoms with Crippen molar-refractivity contribution in [2.75, 3.05) is 11.9 Å². The van der Waals surface area contributed by atoms with Gasteiger partial charge in [0.25, 0.3) is 0 Å². The SMILES string of the molecule is Cl.O=C(Nc1cccc(-n2cnnn2)c1)[C@@H]1CCCN1. The van der Waals surface area contributed by atoms with Gasteiger partial charge < -0.3 is 10.6 Å². The fourth-order valence-corrected chi connectivity index (χ4v) is 2.14. The minimum Gasteiger partial charge on any atom is -0.325 e.